The summed E-state index contributed by atoms with van der Waals surface area (Å²) in [5, 5.41) is 0. The van der Waals surface area contributed by atoms with Crippen molar-refractivity contribution in [2.24, 2.45) is 22.7 Å². The van der Waals surface area contributed by atoms with Crippen LogP contribution in [-0.4, -0.2) is 18.8 Å². The van der Waals surface area contributed by atoms with Gasteiger partial charge in [0.25, 0.3) is 0 Å². The maximum Gasteiger partial charge on any atom is 0.247 e. The SMILES string of the molecule is CC(C)(C)C1=CCC2C(=C1)B1c3cccc4c3N(c3cc(C(C)(C5=CCCC=C5)C5C=CC=CC5)cc(c31)N2C1=CCC(C(C)(C)C)CC1)C1C=CC=CC41. The fraction of sp³-hybridized carbons (Fsp3) is 0.423. The lowest BCUT2D eigenvalue weighted by atomic mass is 9.31. The quantitative estimate of drug-likeness (QED) is 0.290. The lowest BCUT2D eigenvalue weighted by molar-refractivity contribution is 0.220. The number of fused-ring (bicyclic) bond motifs is 7. The molecular weight excluding hydrogens is 663 g/mol. The normalized spacial score (nSPS) is 28.4. The summed E-state index contributed by atoms with van der Waals surface area (Å²) < 4.78 is 0. The molecule has 3 heteroatoms. The smallest absolute Gasteiger partial charge is 0.247 e. The van der Waals surface area contributed by atoms with Gasteiger partial charge < -0.3 is 9.80 Å². The summed E-state index contributed by atoms with van der Waals surface area (Å²) in [4.78, 5) is 5.68. The van der Waals surface area contributed by atoms with Crippen LogP contribution in [0.4, 0.5) is 17.1 Å². The zero-order valence-electron chi connectivity index (χ0n) is 34.3. The summed E-state index contributed by atoms with van der Waals surface area (Å²) in [6, 6.07) is 13.2. The van der Waals surface area contributed by atoms with E-state index in [1.54, 1.807) is 11.2 Å². The Labute approximate surface area is 331 Å². The molecule has 6 atom stereocenters. The molecule has 0 aromatic heterocycles. The third-order valence-electron chi connectivity index (χ3n) is 15.0. The first kappa shape index (κ1) is 35.2. The highest BCUT2D eigenvalue weighted by Crippen LogP contribution is 2.55. The number of hydrogen-bond donors (Lipinski definition) is 0. The minimum absolute atomic E-state index is 0.0919. The monoisotopic (exact) mass is 722 g/mol. The van der Waals surface area contributed by atoms with Gasteiger partial charge in [-0.1, -0.05) is 157 Å². The summed E-state index contributed by atoms with van der Waals surface area (Å²) in [6.45, 7) is 17.3. The van der Waals surface area contributed by atoms with Gasteiger partial charge >= 0.3 is 0 Å². The molecule has 2 nitrogen and oxygen atoms in total. The van der Waals surface area contributed by atoms with Crippen molar-refractivity contribution in [2.45, 2.75) is 117 Å². The first-order chi connectivity index (χ1) is 26.4. The van der Waals surface area contributed by atoms with Crippen LogP contribution < -0.4 is 20.7 Å². The highest BCUT2D eigenvalue weighted by atomic mass is 15.2. The van der Waals surface area contributed by atoms with Gasteiger partial charge in [-0.15, -0.1) is 0 Å². The average molecular weight is 723 g/mol. The van der Waals surface area contributed by atoms with Crippen molar-refractivity contribution in [2.75, 3.05) is 9.80 Å². The molecule has 0 N–H and O–H groups in total. The van der Waals surface area contributed by atoms with E-state index in [-0.39, 0.29) is 23.6 Å². The van der Waals surface area contributed by atoms with Crippen molar-refractivity contribution < 1.29 is 0 Å². The van der Waals surface area contributed by atoms with Crippen LogP contribution >= 0.6 is 0 Å². The van der Waals surface area contributed by atoms with Gasteiger partial charge in [0.1, 0.15) is 0 Å². The topological polar surface area (TPSA) is 6.48 Å². The van der Waals surface area contributed by atoms with Gasteiger partial charge in [-0.05, 0) is 113 Å². The molecule has 8 aliphatic rings. The van der Waals surface area contributed by atoms with E-state index in [2.05, 4.69) is 174 Å². The lowest BCUT2D eigenvalue weighted by Crippen LogP contribution is -2.62. The van der Waals surface area contributed by atoms with Crippen molar-refractivity contribution in [1.82, 2.24) is 0 Å². The van der Waals surface area contributed by atoms with E-state index >= 15 is 0 Å². The molecule has 3 heterocycles. The molecule has 10 rings (SSSR count). The number of para-hydroxylation sites is 1. The van der Waals surface area contributed by atoms with Crippen molar-refractivity contribution in [3.63, 3.8) is 0 Å². The highest BCUT2D eigenvalue weighted by Gasteiger charge is 2.53. The van der Waals surface area contributed by atoms with Crippen LogP contribution in [0, 0.1) is 22.7 Å². The molecule has 5 aliphatic carbocycles. The molecule has 55 heavy (non-hydrogen) atoms. The Morgan fingerprint density at radius 2 is 1.55 bits per heavy atom. The Kier molecular flexibility index (Phi) is 8.09. The van der Waals surface area contributed by atoms with E-state index in [1.807, 2.05) is 0 Å². The number of nitrogens with zero attached hydrogens (tertiary/aromatic N) is 2. The van der Waals surface area contributed by atoms with Crippen LogP contribution in [0.25, 0.3) is 0 Å². The molecule has 0 fully saturated rings. The Balaban J connectivity index is 1.27. The van der Waals surface area contributed by atoms with Crippen LogP contribution in [0.15, 0.2) is 138 Å². The first-order valence-corrected chi connectivity index (χ1v) is 21.5. The second-order valence-corrected chi connectivity index (χ2v) is 20.0. The van der Waals surface area contributed by atoms with Crippen LogP contribution in [-0.2, 0) is 5.41 Å². The number of allylic oxidation sites excluding steroid dienone is 14. The fourth-order valence-electron chi connectivity index (χ4n) is 11.8. The molecule has 0 bridgehead atoms. The Bertz CT molecular complexity index is 2240. The fourth-order valence-corrected chi connectivity index (χ4v) is 11.8. The van der Waals surface area contributed by atoms with E-state index < -0.39 is 0 Å². The minimum Gasteiger partial charge on any atom is -0.339 e. The molecule has 3 aliphatic heterocycles. The maximum absolute atomic E-state index is 2.89. The lowest BCUT2D eigenvalue weighted by Gasteiger charge is -2.52. The summed E-state index contributed by atoms with van der Waals surface area (Å²) in [7, 11) is 0. The van der Waals surface area contributed by atoms with E-state index in [0.717, 1.165) is 38.5 Å². The van der Waals surface area contributed by atoms with Crippen LogP contribution in [0.3, 0.4) is 0 Å². The second kappa shape index (κ2) is 12.6. The predicted molar refractivity (Wildman–Crippen MR) is 236 cm³/mol. The van der Waals surface area contributed by atoms with Gasteiger partial charge in [0, 0.05) is 34.1 Å². The van der Waals surface area contributed by atoms with Crippen molar-refractivity contribution in [3.8, 4) is 0 Å². The molecule has 280 valence electrons. The number of hydrogen-bond acceptors (Lipinski definition) is 2. The summed E-state index contributed by atoms with van der Waals surface area (Å²) >= 11 is 0. The maximum atomic E-state index is 2.89. The minimum atomic E-state index is -0.174. The van der Waals surface area contributed by atoms with Crippen molar-refractivity contribution in [3.05, 3.63) is 149 Å². The van der Waals surface area contributed by atoms with Crippen LogP contribution in [0.1, 0.15) is 110 Å². The van der Waals surface area contributed by atoms with Gasteiger partial charge in [-0.2, -0.15) is 0 Å². The zero-order chi connectivity index (χ0) is 37.9. The third kappa shape index (κ3) is 5.34. The van der Waals surface area contributed by atoms with Crippen molar-refractivity contribution in [1.29, 1.82) is 0 Å². The molecule has 0 radical (unpaired) electrons. The molecule has 2 aromatic carbocycles. The van der Waals surface area contributed by atoms with E-state index in [1.165, 1.54) is 56.7 Å². The van der Waals surface area contributed by atoms with E-state index in [9.17, 15) is 0 Å². The largest absolute Gasteiger partial charge is 0.339 e. The van der Waals surface area contributed by atoms with Gasteiger partial charge in [0.2, 0.25) is 6.71 Å². The molecule has 2 aromatic rings. The molecule has 0 amide bonds. The number of anilines is 3. The average Bonchev–Trinajstić information content (AvgIpc) is 3.54. The van der Waals surface area contributed by atoms with Gasteiger partial charge in [0.15, 0.2) is 0 Å². The predicted octanol–water partition coefficient (Wildman–Crippen LogP) is 11.8. The van der Waals surface area contributed by atoms with E-state index in [0.29, 0.717) is 29.2 Å². The van der Waals surface area contributed by atoms with Gasteiger partial charge in [-0.3, -0.25) is 0 Å². The Hall–Kier alpha value is -4.24. The molecule has 0 saturated heterocycles. The summed E-state index contributed by atoms with van der Waals surface area (Å²) in [5.74, 6) is 1.44. The second-order valence-electron chi connectivity index (χ2n) is 20.0. The van der Waals surface area contributed by atoms with Gasteiger partial charge in [-0.25, -0.2) is 0 Å². The molecule has 0 saturated carbocycles. The molecular formula is C52H59BN2. The summed E-state index contributed by atoms with van der Waals surface area (Å²) in [5.41, 5.74) is 16.7. The Morgan fingerprint density at radius 1 is 0.745 bits per heavy atom. The molecule has 6 unspecified atom stereocenters. The van der Waals surface area contributed by atoms with Crippen LogP contribution in [0.5, 0.6) is 0 Å². The molecule has 0 spiro atoms. The standard InChI is InChI=1S/C52H59BN2/c1-50(2,3)34-25-28-39(29-26-34)54-45-30-27-37(51(4,5)6)31-43(45)53-42-23-16-22-41-40-21-14-15-24-44(40)55(49(41)42)47-33-38(32-46(54)48(47)53)52(7,35-17-10-8-11-18-35)36-19-12-9-13-20-36/h8,10-12,14-17,19-24,27-28,31-35,40,44-45H,9,13,18,25-26,29-30H2,1-7H3. The number of benzene rings is 2. The van der Waals surface area contributed by atoms with Gasteiger partial charge in [0.05, 0.1) is 12.1 Å². The first-order valence-electron chi connectivity index (χ1n) is 21.5. The highest BCUT2D eigenvalue weighted by molar-refractivity contribution is 6.95. The van der Waals surface area contributed by atoms with Crippen LogP contribution in [0.2, 0.25) is 0 Å². The summed E-state index contributed by atoms with van der Waals surface area (Å²) in [6.07, 6.45) is 42.2. The zero-order valence-corrected chi connectivity index (χ0v) is 34.3. The third-order valence-corrected chi connectivity index (χ3v) is 15.0. The number of rotatable bonds is 4. The van der Waals surface area contributed by atoms with E-state index in [4.69, 9.17) is 0 Å². The Morgan fingerprint density at radius 3 is 2.25 bits per heavy atom. The van der Waals surface area contributed by atoms with Crippen molar-refractivity contribution >= 4 is 34.7 Å².